The molecule has 102 valence electrons. The summed E-state index contributed by atoms with van der Waals surface area (Å²) in [6.45, 7) is 2.20. The summed E-state index contributed by atoms with van der Waals surface area (Å²) in [6.07, 6.45) is 2.87. The summed E-state index contributed by atoms with van der Waals surface area (Å²) in [6, 6.07) is 10.3. The number of hydrogen-bond acceptors (Lipinski definition) is 4. The molecule has 0 atom stereocenters. The fourth-order valence-corrected chi connectivity index (χ4v) is 2.70. The van der Waals surface area contributed by atoms with E-state index in [9.17, 15) is 0 Å². The fourth-order valence-electron chi connectivity index (χ4n) is 1.84. The van der Waals surface area contributed by atoms with Crippen molar-refractivity contribution in [2.45, 2.75) is 19.3 Å². The van der Waals surface area contributed by atoms with Crippen LogP contribution < -0.4 is 5.32 Å². The van der Waals surface area contributed by atoms with Crippen molar-refractivity contribution >= 4 is 11.3 Å². The van der Waals surface area contributed by atoms with Gasteiger partial charge in [-0.1, -0.05) is 30.3 Å². The Morgan fingerprint density at radius 2 is 1.95 bits per heavy atom. The predicted octanol–water partition coefficient (Wildman–Crippen LogP) is 2.71. The van der Waals surface area contributed by atoms with Crippen LogP contribution in [0.15, 0.2) is 35.7 Å². The number of nitrogens with zero attached hydrogens (tertiary/aromatic N) is 1. The number of unbranched alkanes of at least 4 members (excludes halogenated alkanes) is 1. The molecule has 0 aliphatic carbocycles. The van der Waals surface area contributed by atoms with Gasteiger partial charge >= 0.3 is 0 Å². The van der Waals surface area contributed by atoms with Gasteiger partial charge in [0.15, 0.2) is 0 Å². The van der Waals surface area contributed by atoms with Crippen LogP contribution in [0.1, 0.15) is 18.5 Å². The molecule has 1 aromatic heterocycles. The Hall–Kier alpha value is -1.23. The highest BCUT2D eigenvalue weighted by atomic mass is 32.1. The second-order valence-corrected chi connectivity index (χ2v) is 5.30. The Kier molecular flexibility index (Phi) is 6.01. The summed E-state index contributed by atoms with van der Waals surface area (Å²) in [4.78, 5) is 4.65. The first kappa shape index (κ1) is 14.2. The van der Waals surface area contributed by atoms with Gasteiger partial charge in [-0.15, -0.1) is 11.3 Å². The van der Waals surface area contributed by atoms with Crippen LogP contribution in [0.2, 0.25) is 0 Å². The number of aromatic nitrogens is 1. The summed E-state index contributed by atoms with van der Waals surface area (Å²) in [5.41, 5.74) is 2.34. The lowest BCUT2D eigenvalue weighted by molar-refractivity contribution is 0.284. The largest absolute Gasteiger partial charge is 0.396 e. The molecule has 4 heteroatoms. The highest BCUT2D eigenvalue weighted by Crippen LogP contribution is 2.23. The average Bonchev–Trinajstić information content (AvgIpc) is 2.92. The third-order valence-corrected chi connectivity index (χ3v) is 3.83. The quantitative estimate of drug-likeness (QED) is 0.729. The van der Waals surface area contributed by atoms with Crippen LogP contribution in [0.25, 0.3) is 10.6 Å². The van der Waals surface area contributed by atoms with E-state index in [4.69, 9.17) is 5.11 Å². The lowest BCUT2D eigenvalue weighted by Gasteiger charge is -2.01. The standard InChI is InChI=1S/C15H20N2OS/c18-11-5-4-9-16-10-8-14-12-19-15(17-14)13-6-2-1-3-7-13/h1-3,6-7,12,16,18H,4-5,8-11H2. The summed E-state index contributed by atoms with van der Waals surface area (Å²) in [7, 11) is 0. The van der Waals surface area contributed by atoms with Crippen LogP contribution in [0.5, 0.6) is 0 Å². The Morgan fingerprint density at radius 3 is 2.74 bits per heavy atom. The van der Waals surface area contributed by atoms with Crippen LogP contribution in [0.3, 0.4) is 0 Å². The van der Waals surface area contributed by atoms with Gasteiger partial charge in [-0.2, -0.15) is 0 Å². The summed E-state index contributed by atoms with van der Waals surface area (Å²) >= 11 is 1.70. The highest BCUT2D eigenvalue weighted by Gasteiger charge is 2.03. The second kappa shape index (κ2) is 8.04. The van der Waals surface area contributed by atoms with Gasteiger partial charge in [0.25, 0.3) is 0 Å². The van der Waals surface area contributed by atoms with Crippen molar-refractivity contribution in [2.75, 3.05) is 19.7 Å². The zero-order valence-electron chi connectivity index (χ0n) is 11.0. The topological polar surface area (TPSA) is 45.1 Å². The molecular weight excluding hydrogens is 256 g/mol. The van der Waals surface area contributed by atoms with E-state index in [0.717, 1.165) is 43.1 Å². The molecule has 1 heterocycles. The zero-order chi connectivity index (χ0) is 13.3. The van der Waals surface area contributed by atoms with E-state index >= 15 is 0 Å². The van der Waals surface area contributed by atoms with Gasteiger partial charge in [0.1, 0.15) is 5.01 Å². The molecule has 0 unspecified atom stereocenters. The van der Waals surface area contributed by atoms with Gasteiger partial charge in [0, 0.05) is 30.5 Å². The maximum atomic E-state index is 8.68. The summed E-state index contributed by atoms with van der Waals surface area (Å²) in [5, 5.41) is 15.3. The second-order valence-electron chi connectivity index (χ2n) is 4.44. The van der Waals surface area contributed by atoms with Crippen molar-refractivity contribution in [3.63, 3.8) is 0 Å². The minimum absolute atomic E-state index is 0.286. The Balaban J connectivity index is 1.75. The number of nitrogens with one attached hydrogen (secondary N) is 1. The van der Waals surface area contributed by atoms with Gasteiger partial charge in [-0.25, -0.2) is 4.98 Å². The minimum atomic E-state index is 0.286. The van der Waals surface area contributed by atoms with E-state index in [1.165, 1.54) is 5.56 Å². The molecular formula is C15H20N2OS. The molecule has 0 saturated carbocycles. The molecule has 0 aliphatic heterocycles. The van der Waals surface area contributed by atoms with Crippen molar-refractivity contribution in [3.05, 3.63) is 41.4 Å². The van der Waals surface area contributed by atoms with Crippen molar-refractivity contribution in [3.8, 4) is 10.6 Å². The molecule has 0 aliphatic rings. The van der Waals surface area contributed by atoms with E-state index in [-0.39, 0.29) is 6.61 Å². The van der Waals surface area contributed by atoms with E-state index in [1.807, 2.05) is 18.2 Å². The van der Waals surface area contributed by atoms with Crippen molar-refractivity contribution in [2.24, 2.45) is 0 Å². The molecule has 0 bridgehead atoms. The minimum Gasteiger partial charge on any atom is -0.396 e. The third kappa shape index (κ3) is 4.74. The fraction of sp³-hybridized carbons (Fsp3) is 0.400. The first-order valence-electron chi connectivity index (χ1n) is 6.71. The molecule has 3 nitrogen and oxygen atoms in total. The van der Waals surface area contributed by atoms with Crippen molar-refractivity contribution in [1.29, 1.82) is 0 Å². The molecule has 2 N–H and O–H groups in total. The first-order valence-corrected chi connectivity index (χ1v) is 7.59. The molecule has 2 rings (SSSR count). The number of aliphatic hydroxyl groups excluding tert-OH is 1. The molecule has 2 aromatic rings. The Morgan fingerprint density at radius 1 is 1.11 bits per heavy atom. The van der Waals surface area contributed by atoms with Gasteiger partial charge < -0.3 is 10.4 Å². The maximum Gasteiger partial charge on any atom is 0.123 e. The number of aliphatic hydroxyl groups is 1. The highest BCUT2D eigenvalue weighted by molar-refractivity contribution is 7.13. The van der Waals surface area contributed by atoms with Crippen LogP contribution >= 0.6 is 11.3 Å². The van der Waals surface area contributed by atoms with Gasteiger partial charge in [0.2, 0.25) is 0 Å². The first-order chi connectivity index (χ1) is 9.40. The molecule has 0 saturated heterocycles. The van der Waals surface area contributed by atoms with Gasteiger partial charge in [0.05, 0.1) is 5.69 Å². The molecule has 0 radical (unpaired) electrons. The van der Waals surface area contributed by atoms with Crippen LogP contribution in [-0.2, 0) is 6.42 Å². The number of benzene rings is 1. The smallest absolute Gasteiger partial charge is 0.123 e. The van der Waals surface area contributed by atoms with Crippen molar-refractivity contribution < 1.29 is 5.11 Å². The SMILES string of the molecule is OCCCCNCCc1csc(-c2ccccc2)n1. The van der Waals surface area contributed by atoms with Crippen LogP contribution in [0, 0.1) is 0 Å². The van der Waals surface area contributed by atoms with Crippen LogP contribution in [0.4, 0.5) is 0 Å². The molecule has 1 aromatic carbocycles. The van der Waals surface area contributed by atoms with Crippen molar-refractivity contribution in [1.82, 2.24) is 10.3 Å². The Bertz CT molecular complexity index is 470. The summed E-state index contributed by atoms with van der Waals surface area (Å²) in [5.74, 6) is 0. The normalized spacial score (nSPS) is 10.8. The van der Waals surface area contributed by atoms with E-state index in [0.29, 0.717) is 0 Å². The van der Waals surface area contributed by atoms with Gasteiger partial charge in [-0.3, -0.25) is 0 Å². The van der Waals surface area contributed by atoms with Gasteiger partial charge in [-0.05, 0) is 19.4 Å². The monoisotopic (exact) mass is 276 g/mol. The van der Waals surface area contributed by atoms with Crippen LogP contribution in [-0.4, -0.2) is 29.8 Å². The van der Waals surface area contributed by atoms with E-state index in [2.05, 4.69) is 27.8 Å². The Labute approximate surface area is 118 Å². The summed E-state index contributed by atoms with van der Waals surface area (Å²) < 4.78 is 0. The predicted molar refractivity (Wildman–Crippen MR) is 80.4 cm³/mol. The third-order valence-electron chi connectivity index (χ3n) is 2.89. The molecule has 0 spiro atoms. The maximum absolute atomic E-state index is 8.68. The lowest BCUT2D eigenvalue weighted by atomic mass is 10.2. The zero-order valence-corrected chi connectivity index (χ0v) is 11.8. The number of rotatable bonds is 8. The molecule has 0 fully saturated rings. The lowest BCUT2D eigenvalue weighted by Crippen LogP contribution is -2.18. The van der Waals surface area contributed by atoms with E-state index in [1.54, 1.807) is 11.3 Å². The average molecular weight is 276 g/mol. The van der Waals surface area contributed by atoms with E-state index < -0.39 is 0 Å². The molecule has 19 heavy (non-hydrogen) atoms. The number of thiazole rings is 1. The molecule has 0 amide bonds. The number of hydrogen-bond donors (Lipinski definition) is 2.